The molecule has 0 radical (unpaired) electrons. The van der Waals surface area contributed by atoms with E-state index in [4.69, 9.17) is 0 Å². The highest BCUT2D eigenvalue weighted by atomic mass is 19.1. The molecule has 1 aliphatic rings. The lowest BCUT2D eigenvalue weighted by Gasteiger charge is -2.25. The van der Waals surface area contributed by atoms with Gasteiger partial charge in [-0.2, -0.15) is 0 Å². The Bertz CT molecular complexity index is 1100. The second kappa shape index (κ2) is 4.28. The van der Waals surface area contributed by atoms with Crippen LogP contribution in [0.2, 0.25) is 0 Å². The summed E-state index contributed by atoms with van der Waals surface area (Å²) in [6, 6.07) is 15.8. The molecule has 0 heterocycles. The van der Waals surface area contributed by atoms with Crippen LogP contribution in [0.4, 0.5) is 4.39 Å². The summed E-state index contributed by atoms with van der Waals surface area (Å²) in [4.78, 5) is 0. The Balaban J connectivity index is 2.06. The maximum Gasteiger partial charge on any atom is 0.130 e. The number of hydrogen-bond donors (Lipinski definition) is 2. The van der Waals surface area contributed by atoms with Gasteiger partial charge in [0, 0.05) is 5.56 Å². The summed E-state index contributed by atoms with van der Waals surface area (Å²) in [5, 5.41) is 26.2. The molecule has 5 rings (SSSR count). The van der Waals surface area contributed by atoms with Crippen LogP contribution < -0.4 is 0 Å². The van der Waals surface area contributed by atoms with E-state index in [1.807, 2.05) is 42.5 Å². The van der Waals surface area contributed by atoms with Crippen LogP contribution in [0.5, 0.6) is 0 Å². The van der Waals surface area contributed by atoms with Gasteiger partial charge in [-0.25, -0.2) is 4.39 Å². The zero-order valence-electron chi connectivity index (χ0n) is 12.1. The van der Waals surface area contributed by atoms with Crippen LogP contribution in [0.15, 0.2) is 54.6 Å². The Morgan fingerprint density at radius 3 is 2.30 bits per heavy atom. The van der Waals surface area contributed by atoms with Gasteiger partial charge in [0.1, 0.15) is 18.0 Å². The van der Waals surface area contributed by atoms with Gasteiger partial charge >= 0.3 is 0 Å². The second-order valence-electron chi connectivity index (χ2n) is 6.15. The summed E-state index contributed by atoms with van der Waals surface area (Å²) >= 11 is 0. The fourth-order valence-electron chi connectivity index (χ4n) is 3.84. The molecular weight excluding hydrogens is 291 g/mol. The van der Waals surface area contributed by atoms with Gasteiger partial charge in [-0.05, 0) is 50.0 Å². The van der Waals surface area contributed by atoms with Crippen molar-refractivity contribution in [3.05, 3.63) is 65.7 Å². The van der Waals surface area contributed by atoms with Crippen LogP contribution in [0.3, 0.4) is 0 Å². The molecule has 0 bridgehead atoms. The molecule has 0 saturated carbocycles. The summed E-state index contributed by atoms with van der Waals surface area (Å²) in [6.07, 6.45) is -1.23. The summed E-state index contributed by atoms with van der Waals surface area (Å²) in [5.74, 6) is -0.476. The van der Waals surface area contributed by atoms with Crippen molar-refractivity contribution in [2.75, 3.05) is 0 Å². The lowest BCUT2D eigenvalue weighted by molar-refractivity contribution is 0.0460. The highest BCUT2D eigenvalue weighted by Gasteiger charge is 2.29. The minimum Gasteiger partial charge on any atom is -0.386 e. The third-order valence-corrected chi connectivity index (χ3v) is 4.88. The quantitative estimate of drug-likeness (QED) is 0.475. The number of halogens is 1. The number of fused-ring (bicyclic) bond motifs is 2. The first kappa shape index (κ1) is 13.0. The van der Waals surface area contributed by atoms with E-state index >= 15 is 0 Å². The predicted molar refractivity (Wildman–Crippen MR) is 90.2 cm³/mol. The molecule has 2 unspecified atom stereocenters. The van der Waals surface area contributed by atoms with Gasteiger partial charge in [-0.1, -0.05) is 42.5 Å². The van der Waals surface area contributed by atoms with Crippen molar-refractivity contribution in [3.8, 4) is 0 Å². The Hall–Kier alpha value is -2.49. The molecule has 0 amide bonds. The first-order valence-corrected chi connectivity index (χ1v) is 7.59. The van der Waals surface area contributed by atoms with Crippen LogP contribution in [-0.4, -0.2) is 16.3 Å². The van der Waals surface area contributed by atoms with Crippen molar-refractivity contribution < 1.29 is 14.6 Å². The van der Waals surface area contributed by atoms with E-state index in [0.29, 0.717) is 11.1 Å². The third kappa shape index (κ3) is 1.58. The van der Waals surface area contributed by atoms with E-state index < -0.39 is 18.0 Å². The molecule has 4 aromatic rings. The lowest BCUT2D eigenvalue weighted by Crippen LogP contribution is -2.21. The first-order chi connectivity index (χ1) is 11.1. The Labute approximate surface area is 131 Å². The zero-order valence-corrected chi connectivity index (χ0v) is 12.1. The predicted octanol–water partition coefficient (Wildman–Crippen LogP) is 4.30. The van der Waals surface area contributed by atoms with E-state index in [1.54, 1.807) is 6.07 Å². The Morgan fingerprint density at radius 1 is 0.826 bits per heavy atom. The number of benzene rings is 4. The van der Waals surface area contributed by atoms with E-state index in [-0.39, 0.29) is 0 Å². The summed E-state index contributed by atoms with van der Waals surface area (Å²) in [6.45, 7) is 0. The van der Waals surface area contributed by atoms with E-state index in [1.165, 1.54) is 0 Å². The van der Waals surface area contributed by atoms with Crippen molar-refractivity contribution in [1.82, 2.24) is 0 Å². The van der Waals surface area contributed by atoms with E-state index in [2.05, 4.69) is 0 Å². The van der Waals surface area contributed by atoms with E-state index in [9.17, 15) is 14.6 Å². The standard InChI is InChI=1S/C20H13FO2/c21-15-9-16(22)20(23)14-8-12-5-4-10-2-1-3-11-6-7-13(19(14)15)18(12)17(10)11/h1-9,16,20,22-23H. The highest BCUT2D eigenvalue weighted by molar-refractivity contribution is 6.24. The van der Waals surface area contributed by atoms with Crippen molar-refractivity contribution in [3.63, 3.8) is 0 Å². The molecule has 0 saturated heterocycles. The van der Waals surface area contributed by atoms with Gasteiger partial charge < -0.3 is 10.2 Å². The second-order valence-corrected chi connectivity index (χ2v) is 6.15. The lowest BCUT2D eigenvalue weighted by atomic mass is 9.84. The normalized spacial score (nSPS) is 21.1. The number of aliphatic hydroxyl groups excluding tert-OH is 2. The van der Waals surface area contributed by atoms with Gasteiger partial charge in [0.25, 0.3) is 0 Å². The molecule has 1 aliphatic carbocycles. The summed E-state index contributed by atoms with van der Waals surface area (Å²) in [5.41, 5.74) is 0.844. The first-order valence-electron chi connectivity index (χ1n) is 7.59. The van der Waals surface area contributed by atoms with Gasteiger partial charge in [-0.15, -0.1) is 0 Å². The molecule has 23 heavy (non-hydrogen) atoms. The molecule has 112 valence electrons. The molecule has 2 N–H and O–H groups in total. The van der Waals surface area contributed by atoms with Crippen molar-refractivity contribution in [2.24, 2.45) is 0 Å². The van der Waals surface area contributed by atoms with Crippen molar-refractivity contribution >= 4 is 38.1 Å². The maximum atomic E-state index is 14.6. The number of hydrogen-bond acceptors (Lipinski definition) is 2. The van der Waals surface area contributed by atoms with Gasteiger partial charge in [0.15, 0.2) is 0 Å². The Kier molecular flexibility index (Phi) is 2.42. The molecule has 2 atom stereocenters. The number of rotatable bonds is 0. The third-order valence-electron chi connectivity index (χ3n) is 4.88. The van der Waals surface area contributed by atoms with Gasteiger partial charge in [0.2, 0.25) is 0 Å². The van der Waals surface area contributed by atoms with Crippen molar-refractivity contribution in [2.45, 2.75) is 12.2 Å². The molecule has 2 nitrogen and oxygen atoms in total. The monoisotopic (exact) mass is 304 g/mol. The zero-order chi connectivity index (χ0) is 15.7. The van der Waals surface area contributed by atoms with Crippen LogP contribution >= 0.6 is 0 Å². The topological polar surface area (TPSA) is 40.5 Å². The fourth-order valence-corrected chi connectivity index (χ4v) is 3.84. The smallest absolute Gasteiger partial charge is 0.130 e. The summed E-state index contributed by atoms with van der Waals surface area (Å²) in [7, 11) is 0. The number of aliphatic hydroxyl groups is 2. The van der Waals surface area contributed by atoms with Crippen LogP contribution in [0.25, 0.3) is 38.1 Å². The van der Waals surface area contributed by atoms with Crippen LogP contribution in [0, 0.1) is 0 Å². The molecule has 0 fully saturated rings. The van der Waals surface area contributed by atoms with E-state index in [0.717, 1.165) is 38.4 Å². The van der Waals surface area contributed by atoms with Gasteiger partial charge in [-0.3, -0.25) is 0 Å². The minimum absolute atomic E-state index is 0.397. The molecule has 3 heteroatoms. The van der Waals surface area contributed by atoms with Gasteiger partial charge in [0.05, 0.1) is 0 Å². The summed E-state index contributed by atoms with van der Waals surface area (Å²) < 4.78 is 14.6. The fraction of sp³-hybridized carbons (Fsp3) is 0.100. The molecule has 0 aromatic heterocycles. The molecule has 4 aromatic carbocycles. The highest BCUT2D eigenvalue weighted by Crippen LogP contribution is 2.44. The molecule has 0 spiro atoms. The SMILES string of the molecule is OC1C=C(F)c2c(cc3ccc4cccc5ccc2c3c45)C1O. The Morgan fingerprint density at radius 2 is 1.52 bits per heavy atom. The maximum absolute atomic E-state index is 14.6. The van der Waals surface area contributed by atoms with Crippen LogP contribution in [0.1, 0.15) is 17.2 Å². The van der Waals surface area contributed by atoms with Crippen LogP contribution in [-0.2, 0) is 0 Å². The average molecular weight is 304 g/mol. The minimum atomic E-state index is -1.21. The van der Waals surface area contributed by atoms with Crippen molar-refractivity contribution in [1.29, 1.82) is 0 Å². The largest absolute Gasteiger partial charge is 0.386 e. The molecule has 0 aliphatic heterocycles. The average Bonchev–Trinajstić information content (AvgIpc) is 2.57. The molecular formula is C20H13FO2.